The number of rotatable bonds is 2. The molecule has 12 heavy (non-hydrogen) atoms. The molecule has 0 aromatic carbocycles. The van der Waals surface area contributed by atoms with E-state index in [1.165, 1.54) is 12.3 Å². The summed E-state index contributed by atoms with van der Waals surface area (Å²) in [5.41, 5.74) is 5.80. The average Bonchev–Trinajstić information content (AvgIpc) is 2.49. The van der Waals surface area contributed by atoms with Gasteiger partial charge in [-0.2, -0.15) is 5.26 Å². The van der Waals surface area contributed by atoms with Gasteiger partial charge in [0.1, 0.15) is 17.8 Å². The molecule has 1 atom stereocenters. The molecule has 1 unspecified atom stereocenters. The molecule has 0 spiro atoms. The molecule has 62 valence electrons. The zero-order valence-corrected chi connectivity index (χ0v) is 6.11. The molecule has 0 saturated carbocycles. The standard InChI is InChI=1S/C7H7N3O2/c8-3-5-4(1-2-10-5)6(9)7(11)12/h1-2,6,10H,9H2,(H,11,12). The Labute approximate surface area is 68.4 Å². The highest BCUT2D eigenvalue weighted by molar-refractivity contribution is 5.76. The van der Waals surface area contributed by atoms with Crippen molar-refractivity contribution in [2.45, 2.75) is 6.04 Å². The predicted octanol–water partition coefficient (Wildman–Crippen LogP) is -0.0292. The summed E-state index contributed by atoms with van der Waals surface area (Å²) in [6.45, 7) is 0. The lowest BCUT2D eigenvalue weighted by Gasteiger charge is -2.02. The van der Waals surface area contributed by atoms with E-state index in [0.717, 1.165) is 0 Å². The van der Waals surface area contributed by atoms with Crippen LogP contribution in [0, 0.1) is 11.3 Å². The summed E-state index contributed by atoms with van der Waals surface area (Å²) in [6.07, 6.45) is 1.48. The largest absolute Gasteiger partial charge is 0.480 e. The lowest BCUT2D eigenvalue weighted by molar-refractivity contribution is -0.138. The third-order valence-corrected chi connectivity index (χ3v) is 1.49. The predicted molar refractivity (Wildman–Crippen MR) is 40.1 cm³/mol. The van der Waals surface area contributed by atoms with Crippen LogP contribution in [0.3, 0.4) is 0 Å². The molecule has 5 nitrogen and oxygen atoms in total. The van der Waals surface area contributed by atoms with E-state index >= 15 is 0 Å². The van der Waals surface area contributed by atoms with Gasteiger partial charge in [0.25, 0.3) is 0 Å². The molecule has 0 bridgehead atoms. The summed E-state index contributed by atoms with van der Waals surface area (Å²) in [6, 6.07) is 2.16. The number of carboxylic acids is 1. The van der Waals surface area contributed by atoms with Gasteiger partial charge in [-0.1, -0.05) is 0 Å². The molecule has 1 aromatic heterocycles. The van der Waals surface area contributed by atoms with Gasteiger partial charge in [0, 0.05) is 11.8 Å². The van der Waals surface area contributed by atoms with Gasteiger partial charge in [0.2, 0.25) is 0 Å². The summed E-state index contributed by atoms with van der Waals surface area (Å²) in [5.74, 6) is -1.15. The van der Waals surface area contributed by atoms with Crippen LogP contribution in [0.5, 0.6) is 0 Å². The van der Waals surface area contributed by atoms with E-state index in [1.807, 2.05) is 6.07 Å². The van der Waals surface area contributed by atoms with Gasteiger partial charge < -0.3 is 15.8 Å². The van der Waals surface area contributed by atoms with Gasteiger partial charge in [-0.05, 0) is 6.07 Å². The van der Waals surface area contributed by atoms with Crippen LogP contribution in [0.1, 0.15) is 17.3 Å². The van der Waals surface area contributed by atoms with Crippen molar-refractivity contribution < 1.29 is 9.90 Å². The molecule has 1 rings (SSSR count). The number of aliphatic carboxylic acids is 1. The van der Waals surface area contributed by atoms with Gasteiger partial charge in [0.15, 0.2) is 0 Å². The van der Waals surface area contributed by atoms with E-state index in [1.54, 1.807) is 0 Å². The quantitative estimate of drug-likeness (QED) is 0.572. The maximum atomic E-state index is 10.4. The number of nitrogens with zero attached hydrogens (tertiary/aromatic N) is 1. The maximum absolute atomic E-state index is 10.4. The highest BCUT2D eigenvalue weighted by Crippen LogP contribution is 2.13. The second-order valence-corrected chi connectivity index (χ2v) is 2.24. The van der Waals surface area contributed by atoms with Crippen molar-refractivity contribution in [1.82, 2.24) is 4.98 Å². The van der Waals surface area contributed by atoms with Gasteiger partial charge in [-0.3, -0.25) is 4.79 Å². The molecule has 1 heterocycles. The van der Waals surface area contributed by atoms with Crippen LogP contribution in [-0.4, -0.2) is 16.1 Å². The van der Waals surface area contributed by atoms with Crippen LogP contribution in [0.2, 0.25) is 0 Å². The fourth-order valence-electron chi connectivity index (χ4n) is 0.870. The Morgan fingerprint density at radius 3 is 3.00 bits per heavy atom. The Morgan fingerprint density at radius 2 is 2.50 bits per heavy atom. The maximum Gasteiger partial charge on any atom is 0.325 e. The van der Waals surface area contributed by atoms with Crippen molar-refractivity contribution in [3.05, 3.63) is 23.5 Å². The number of hydrogen-bond donors (Lipinski definition) is 3. The number of carbonyl (C=O) groups is 1. The Bertz CT molecular complexity index is 337. The summed E-state index contributed by atoms with van der Waals surface area (Å²) < 4.78 is 0. The molecule has 0 aliphatic rings. The highest BCUT2D eigenvalue weighted by atomic mass is 16.4. The van der Waals surface area contributed by atoms with Gasteiger partial charge in [0.05, 0.1) is 0 Å². The van der Waals surface area contributed by atoms with Crippen LogP contribution in [0.15, 0.2) is 12.3 Å². The van der Waals surface area contributed by atoms with E-state index in [2.05, 4.69) is 4.98 Å². The zero-order chi connectivity index (χ0) is 9.14. The fraction of sp³-hybridized carbons (Fsp3) is 0.143. The Kier molecular flexibility index (Phi) is 2.12. The molecular formula is C7H7N3O2. The molecule has 0 saturated heterocycles. The minimum atomic E-state index is -1.15. The van der Waals surface area contributed by atoms with Gasteiger partial charge >= 0.3 is 5.97 Å². The van der Waals surface area contributed by atoms with Crippen molar-refractivity contribution in [2.75, 3.05) is 0 Å². The molecule has 0 aliphatic heterocycles. The van der Waals surface area contributed by atoms with Crippen LogP contribution >= 0.6 is 0 Å². The molecular weight excluding hydrogens is 158 g/mol. The average molecular weight is 165 g/mol. The number of aromatic amines is 1. The second kappa shape index (κ2) is 3.07. The van der Waals surface area contributed by atoms with E-state index < -0.39 is 12.0 Å². The van der Waals surface area contributed by atoms with E-state index in [9.17, 15) is 4.79 Å². The van der Waals surface area contributed by atoms with Crippen LogP contribution in [0.4, 0.5) is 0 Å². The number of nitriles is 1. The highest BCUT2D eigenvalue weighted by Gasteiger charge is 2.18. The first-order chi connectivity index (χ1) is 5.66. The van der Waals surface area contributed by atoms with Gasteiger partial charge in [-0.15, -0.1) is 0 Å². The smallest absolute Gasteiger partial charge is 0.325 e. The fourth-order valence-corrected chi connectivity index (χ4v) is 0.870. The number of hydrogen-bond acceptors (Lipinski definition) is 3. The van der Waals surface area contributed by atoms with Crippen LogP contribution < -0.4 is 5.73 Å². The van der Waals surface area contributed by atoms with Crippen molar-refractivity contribution >= 4 is 5.97 Å². The van der Waals surface area contributed by atoms with Crippen LogP contribution in [0.25, 0.3) is 0 Å². The number of nitrogens with one attached hydrogen (secondary N) is 1. The number of nitrogens with two attached hydrogens (primary N) is 1. The topological polar surface area (TPSA) is 103 Å². The lowest BCUT2D eigenvalue weighted by Crippen LogP contribution is -2.20. The van der Waals surface area contributed by atoms with Crippen LogP contribution in [-0.2, 0) is 4.79 Å². The Hall–Kier alpha value is -1.80. The molecule has 0 fully saturated rings. The van der Waals surface area contributed by atoms with E-state index in [0.29, 0.717) is 5.56 Å². The van der Waals surface area contributed by atoms with Crippen molar-refractivity contribution in [1.29, 1.82) is 5.26 Å². The number of H-pyrrole nitrogens is 1. The Balaban J connectivity index is 3.03. The normalized spacial score (nSPS) is 12.0. The summed E-state index contributed by atoms with van der Waals surface area (Å²) in [7, 11) is 0. The van der Waals surface area contributed by atoms with Crippen molar-refractivity contribution in [2.24, 2.45) is 5.73 Å². The SMILES string of the molecule is N#Cc1[nH]ccc1C(N)C(=O)O. The molecule has 4 N–H and O–H groups in total. The first-order valence-corrected chi connectivity index (χ1v) is 3.22. The minimum absolute atomic E-state index is 0.199. The second-order valence-electron chi connectivity index (χ2n) is 2.24. The number of aromatic nitrogens is 1. The summed E-state index contributed by atoms with van der Waals surface area (Å²) >= 11 is 0. The van der Waals surface area contributed by atoms with Crippen molar-refractivity contribution in [3.63, 3.8) is 0 Å². The first kappa shape index (κ1) is 8.30. The van der Waals surface area contributed by atoms with Crippen molar-refractivity contribution in [3.8, 4) is 6.07 Å². The third-order valence-electron chi connectivity index (χ3n) is 1.49. The summed E-state index contributed by atoms with van der Waals surface area (Å²) in [5, 5.41) is 17.0. The lowest BCUT2D eigenvalue weighted by atomic mass is 10.1. The van der Waals surface area contributed by atoms with Gasteiger partial charge in [-0.25, -0.2) is 0 Å². The van der Waals surface area contributed by atoms with E-state index in [4.69, 9.17) is 16.1 Å². The third kappa shape index (κ3) is 1.28. The van der Waals surface area contributed by atoms with E-state index in [-0.39, 0.29) is 5.69 Å². The molecule has 0 radical (unpaired) electrons. The molecule has 0 amide bonds. The summed E-state index contributed by atoms with van der Waals surface area (Å²) in [4.78, 5) is 13.0. The monoisotopic (exact) mass is 165 g/mol. The Morgan fingerprint density at radius 1 is 1.83 bits per heavy atom. The minimum Gasteiger partial charge on any atom is -0.480 e. The molecule has 1 aromatic rings. The molecule has 5 heteroatoms. The molecule has 0 aliphatic carbocycles. The zero-order valence-electron chi connectivity index (χ0n) is 6.11. The number of carboxylic acid groups (broad SMARTS) is 1. The first-order valence-electron chi connectivity index (χ1n) is 3.22.